The molecule has 7 heterocycles. The molecule has 2 unspecified atom stereocenters. The van der Waals surface area contributed by atoms with Gasteiger partial charge in [0.1, 0.15) is 12.4 Å². The molecule has 1 saturated carbocycles. The first-order valence-corrected chi connectivity index (χ1v) is 15.1. The normalized spacial score (nSPS) is 26.0. The maximum atomic E-state index is 10.4. The third-order valence-corrected chi connectivity index (χ3v) is 10.2. The summed E-state index contributed by atoms with van der Waals surface area (Å²) in [7, 11) is 0. The molecule has 3 aromatic rings. The molecule has 2 aromatic heterocycles. The summed E-state index contributed by atoms with van der Waals surface area (Å²) < 4.78 is 8.69. The number of benzene rings is 1. The number of hydrogen-bond acceptors (Lipinski definition) is 8. The minimum Gasteiger partial charge on any atom is -0.508 e. The molecular formula is C29H36ClN7O2. The van der Waals surface area contributed by atoms with Gasteiger partial charge in [0.25, 0.3) is 0 Å². The predicted octanol–water partition coefficient (Wildman–Crippen LogP) is 4.06. The summed E-state index contributed by atoms with van der Waals surface area (Å²) in [6.45, 7) is 5.40. The number of fused-ring (bicyclic) bond motifs is 5. The van der Waals surface area contributed by atoms with Crippen LogP contribution in [0, 0.1) is 0 Å². The van der Waals surface area contributed by atoms with E-state index in [0.29, 0.717) is 47.6 Å². The monoisotopic (exact) mass is 549 g/mol. The molecular weight excluding hydrogens is 514 g/mol. The van der Waals surface area contributed by atoms with E-state index < -0.39 is 0 Å². The first-order valence-electron chi connectivity index (χ1n) is 14.7. The molecule has 5 saturated heterocycles. The second-order valence-electron chi connectivity index (χ2n) is 12.3. The second kappa shape index (κ2) is 9.21. The number of anilines is 1. The lowest BCUT2D eigenvalue weighted by Gasteiger charge is -2.45. The van der Waals surface area contributed by atoms with Gasteiger partial charge in [0.2, 0.25) is 11.8 Å². The van der Waals surface area contributed by atoms with Gasteiger partial charge in [0.05, 0.1) is 18.4 Å². The van der Waals surface area contributed by atoms with Gasteiger partial charge in [0.15, 0.2) is 11.2 Å². The first kappa shape index (κ1) is 24.2. The predicted molar refractivity (Wildman–Crippen MR) is 150 cm³/mol. The molecule has 2 N–H and O–H groups in total. The van der Waals surface area contributed by atoms with Crippen LogP contribution in [0.5, 0.6) is 11.6 Å². The summed E-state index contributed by atoms with van der Waals surface area (Å²) in [6.07, 6.45) is 11.3. The molecule has 0 spiro atoms. The van der Waals surface area contributed by atoms with Crippen LogP contribution in [0.2, 0.25) is 5.02 Å². The number of halogens is 1. The van der Waals surface area contributed by atoms with Gasteiger partial charge in [-0.3, -0.25) is 4.90 Å². The summed E-state index contributed by atoms with van der Waals surface area (Å²) in [5, 5.41) is 14.6. The maximum Gasteiger partial charge on any atom is 0.247 e. The van der Waals surface area contributed by atoms with Crippen LogP contribution < -0.4 is 15.0 Å². The molecule has 6 fully saturated rings. The molecule has 0 radical (unpaired) electrons. The molecule has 9 nitrogen and oxygen atoms in total. The highest BCUT2D eigenvalue weighted by Crippen LogP contribution is 2.46. The summed E-state index contributed by atoms with van der Waals surface area (Å²) in [5.41, 5.74) is 3.78. The SMILES string of the molecule is Oc1cc(Cl)c(C2CC2)c(Cn2cnc3c(OCC45CCCN4CCC5)nc(N4CC5CCC4CN5)nc32)c1. The molecule has 10 heteroatoms. The Morgan fingerprint density at radius 1 is 1.10 bits per heavy atom. The van der Waals surface area contributed by atoms with E-state index in [0.717, 1.165) is 55.1 Å². The lowest BCUT2D eigenvalue weighted by molar-refractivity contribution is 0.111. The van der Waals surface area contributed by atoms with Crippen LogP contribution in [0.1, 0.15) is 68.4 Å². The smallest absolute Gasteiger partial charge is 0.247 e. The van der Waals surface area contributed by atoms with E-state index in [2.05, 4.69) is 19.7 Å². The zero-order chi connectivity index (χ0) is 26.1. The van der Waals surface area contributed by atoms with Crippen molar-refractivity contribution in [2.24, 2.45) is 0 Å². The summed E-state index contributed by atoms with van der Waals surface area (Å²) >= 11 is 6.62. The standard InChI is InChI=1S/C29H36ClN7O2/c30-23-12-22(38)11-19(24(23)18-3-4-18)14-35-17-32-25-26(35)33-28(37-15-20-5-6-21(37)13-31-20)34-27(25)39-16-29-7-1-9-36(29)10-2-8-29/h11-12,17-18,20-21,31,38H,1-10,13-16H2. The van der Waals surface area contributed by atoms with Gasteiger partial charge >= 0.3 is 0 Å². The Hall–Kier alpha value is -2.62. The fraction of sp³-hybridized carbons (Fsp3) is 0.621. The number of rotatable bonds is 7. The summed E-state index contributed by atoms with van der Waals surface area (Å²) in [4.78, 5) is 19.9. The van der Waals surface area contributed by atoms with E-state index in [4.69, 9.17) is 31.3 Å². The number of nitrogens with zero attached hydrogens (tertiary/aromatic N) is 6. The molecule has 2 bridgehead atoms. The fourth-order valence-electron chi connectivity index (χ4n) is 7.67. The van der Waals surface area contributed by atoms with Gasteiger partial charge in [-0.25, -0.2) is 4.98 Å². The number of imidazole rings is 1. The van der Waals surface area contributed by atoms with Crippen molar-refractivity contribution in [2.45, 2.75) is 81.5 Å². The Morgan fingerprint density at radius 2 is 1.95 bits per heavy atom. The minimum absolute atomic E-state index is 0.131. The average Bonchev–Trinajstić information content (AvgIpc) is 3.37. The topological polar surface area (TPSA) is 91.6 Å². The molecule has 206 valence electrons. The molecule has 1 aromatic carbocycles. The highest BCUT2D eigenvalue weighted by atomic mass is 35.5. The molecule has 9 rings (SSSR count). The molecule has 2 atom stereocenters. The number of hydrogen-bond donors (Lipinski definition) is 2. The van der Waals surface area contributed by atoms with Crippen LogP contribution in [0.15, 0.2) is 18.5 Å². The Kier molecular flexibility index (Phi) is 5.72. The van der Waals surface area contributed by atoms with Crippen LogP contribution in [-0.2, 0) is 6.54 Å². The van der Waals surface area contributed by atoms with Crippen molar-refractivity contribution in [3.8, 4) is 11.6 Å². The van der Waals surface area contributed by atoms with Gasteiger partial charge < -0.3 is 24.6 Å². The third kappa shape index (κ3) is 4.16. The van der Waals surface area contributed by atoms with E-state index in [1.807, 2.05) is 12.4 Å². The Balaban J connectivity index is 1.18. The van der Waals surface area contributed by atoms with Crippen LogP contribution in [-0.4, -0.2) is 79.9 Å². The van der Waals surface area contributed by atoms with Gasteiger partial charge in [-0.1, -0.05) is 11.6 Å². The van der Waals surface area contributed by atoms with Crippen molar-refractivity contribution in [1.29, 1.82) is 0 Å². The van der Waals surface area contributed by atoms with Gasteiger partial charge in [0, 0.05) is 30.2 Å². The average molecular weight is 550 g/mol. The number of piperazine rings is 1. The first-order chi connectivity index (χ1) is 19.1. The summed E-state index contributed by atoms with van der Waals surface area (Å²) in [6, 6.07) is 4.37. The lowest BCUT2D eigenvalue weighted by atomic mass is 9.93. The molecule has 6 aliphatic rings. The molecule has 5 aliphatic heterocycles. The van der Waals surface area contributed by atoms with Gasteiger partial charge in [-0.2, -0.15) is 9.97 Å². The van der Waals surface area contributed by atoms with Crippen molar-refractivity contribution in [1.82, 2.24) is 29.7 Å². The van der Waals surface area contributed by atoms with Crippen molar-refractivity contribution < 1.29 is 9.84 Å². The highest BCUT2D eigenvalue weighted by Gasteiger charge is 2.45. The van der Waals surface area contributed by atoms with Crippen LogP contribution >= 0.6 is 11.6 Å². The lowest BCUT2D eigenvalue weighted by Crippen LogP contribution is -2.61. The molecule has 39 heavy (non-hydrogen) atoms. The van der Waals surface area contributed by atoms with Crippen LogP contribution in [0.4, 0.5) is 5.95 Å². The zero-order valence-corrected chi connectivity index (χ0v) is 23.0. The van der Waals surface area contributed by atoms with Crippen LogP contribution in [0.25, 0.3) is 11.2 Å². The number of aromatic nitrogens is 4. The minimum atomic E-state index is 0.131. The van der Waals surface area contributed by atoms with Crippen molar-refractivity contribution in [2.75, 3.05) is 37.7 Å². The van der Waals surface area contributed by atoms with E-state index in [1.54, 1.807) is 6.07 Å². The zero-order valence-electron chi connectivity index (χ0n) is 22.3. The maximum absolute atomic E-state index is 10.4. The van der Waals surface area contributed by atoms with Crippen molar-refractivity contribution in [3.05, 3.63) is 34.6 Å². The largest absolute Gasteiger partial charge is 0.508 e. The molecule has 1 aliphatic carbocycles. The number of ether oxygens (including phenoxy) is 1. The van der Waals surface area contributed by atoms with E-state index in [9.17, 15) is 5.11 Å². The fourth-order valence-corrected chi connectivity index (χ4v) is 8.06. The number of nitrogens with one attached hydrogen (secondary N) is 1. The van der Waals surface area contributed by atoms with Crippen LogP contribution in [0.3, 0.4) is 0 Å². The second-order valence-corrected chi connectivity index (χ2v) is 12.8. The number of aromatic hydroxyl groups is 1. The Labute approximate surface area is 233 Å². The number of phenolic OH excluding ortho intramolecular Hbond substituents is 1. The van der Waals surface area contributed by atoms with E-state index >= 15 is 0 Å². The van der Waals surface area contributed by atoms with E-state index in [-0.39, 0.29) is 11.3 Å². The van der Waals surface area contributed by atoms with Crippen molar-refractivity contribution in [3.63, 3.8) is 0 Å². The highest BCUT2D eigenvalue weighted by molar-refractivity contribution is 6.31. The van der Waals surface area contributed by atoms with E-state index in [1.165, 1.54) is 45.2 Å². The Bertz CT molecular complexity index is 1400. The third-order valence-electron chi connectivity index (χ3n) is 9.84. The van der Waals surface area contributed by atoms with Gasteiger partial charge in [-0.15, -0.1) is 0 Å². The number of phenols is 1. The van der Waals surface area contributed by atoms with Gasteiger partial charge in [-0.05, 0) is 93.6 Å². The van der Waals surface area contributed by atoms with Crippen molar-refractivity contribution >= 4 is 28.7 Å². The number of piperidine rings is 2. The quantitative estimate of drug-likeness (QED) is 0.456. The molecule has 0 amide bonds. The Morgan fingerprint density at radius 3 is 2.67 bits per heavy atom. The summed E-state index contributed by atoms with van der Waals surface area (Å²) in [5.74, 6) is 1.98.